The maximum absolute atomic E-state index is 12.9. The van der Waals surface area contributed by atoms with E-state index >= 15 is 0 Å². The lowest BCUT2D eigenvalue weighted by Gasteiger charge is -2.11. The zero-order chi connectivity index (χ0) is 23.9. The van der Waals surface area contributed by atoms with Gasteiger partial charge in [-0.25, -0.2) is 4.98 Å². The molecule has 0 saturated heterocycles. The Labute approximate surface area is 201 Å². The fourth-order valence-corrected chi connectivity index (χ4v) is 4.42. The third-order valence-corrected chi connectivity index (χ3v) is 6.16. The molecule has 1 aromatic carbocycles. The van der Waals surface area contributed by atoms with Crippen molar-refractivity contribution in [2.45, 2.75) is 31.2 Å². The molecule has 172 valence electrons. The van der Waals surface area contributed by atoms with Gasteiger partial charge in [-0.3, -0.25) is 14.6 Å². The number of anilines is 1. The first-order chi connectivity index (χ1) is 16.5. The van der Waals surface area contributed by atoms with E-state index in [0.717, 1.165) is 22.6 Å². The molecule has 3 aromatic heterocycles. The predicted octanol–water partition coefficient (Wildman–Crippen LogP) is 4.56. The highest BCUT2D eigenvalue weighted by Gasteiger charge is 2.15. The third kappa shape index (κ3) is 5.68. The van der Waals surface area contributed by atoms with Crippen molar-refractivity contribution < 1.29 is 14.1 Å². The molecule has 0 aliphatic heterocycles. The van der Waals surface area contributed by atoms with Crippen LogP contribution in [-0.2, 0) is 12.3 Å². The number of thioether (sulfide) groups is 1. The van der Waals surface area contributed by atoms with Crippen LogP contribution in [-0.4, -0.2) is 26.9 Å². The van der Waals surface area contributed by atoms with Gasteiger partial charge in [0, 0.05) is 47.7 Å². The molecule has 4 rings (SSSR count). The first-order valence-electron chi connectivity index (χ1n) is 10.6. The summed E-state index contributed by atoms with van der Waals surface area (Å²) in [4.78, 5) is 33.6. The van der Waals surface area contributed by atoms with Crippen molar-refractivity contribution in [3.05, 3.63) is 101 Å². The third-order valence-electron chi connectivity index (χ3n) is 5.13. The van der Waals surface area contributed by atoms with Crippen molar-refractivity contribution in [2.24, 2.45) is 0 Å². The molecule has 0 radical (unpaired) electrons. The zero-order valence-corrected chi connectivity index (χ0v) is 19.6. The lowest BCUT2D eigenvalue weighted by molar-refractivity contribution is 0.0946. The van der Waals surface area contributed by atoms with Gasteiger partial charge in [0.25, 0.3) is 11.8 Å². The molecule has 34 heavy (non-hydrogen) atoms. The second kappa shape index (κ2) is 10.8. The molecule has 0 spiro atoms. The second-order valence-electron chi connectivity index (χ2n) is 7.52. The number of amides is 2. The highest BCUT2D eigenvalue weighted by Crippen LogP contribution is 2.27. The Morgan fingerprint density at radius 2 is 1.82 bits per heavy atom. The summed E-state index contributed by atoms with van der Waals surface area (Å²) in [6.07, 6.45) is 4.81. The Hall–Kier alpha value is -3.98. The van der Waals surface area contributed by atoms with Crippen molar-refractivity contribution in [1.82, 2.24) is 20.4 Å². The Balaban J connectivity index is 1.38. The highest BCUT2D eigenvalue weighted by atomic mass is 32.2. The summed E-state index contributed by atoms with van der Waals surface area (Å²) in [6.45, 7) is 4.07. The molecule has 2 N–H and O–H groups in total. The lowest BCUT2D eigenvalue weighted by atomic mass is 10.1. The highest BCUT2D eigenvalue weighted by molar-refractivity contribution is 7.98. The van der Waals surface area contributed by atoms with Crippen molar-refractivity contribution in [3.63, 3.8) is 0 Å². The van der Waals surface area contributed by atoms with Crippen LogP contribution in [0.3, 0.4) is 0 Å². The van der Waals surface area contributed by atoms with E-state index in [0.29, 0.717) is 34.1 Å². The second-order valence-corrected chi connectivity index (χ2v) is 8.48. The SMILES string of the molecule is Cc1noc(C)c1CSc1ncccc1C(=O)NCc1cccc(NC(=O)c2ccncc2)c1. The van der Waals surface area contributed by atoms with Crippen molar-refractivity contribution in [1.29, 1.82) is 0 Å². The number of rotatable bonds is 8. The molecule has 0 aliphatic rings. The standard InChI is InChI=1S/C25H23N5O3S/c1-16-22(17(2)33-30-16)15-34-25-21(7-4-10-27-25)24(32)28-14-18-5-3-6-20(13-18)29-23(31)19-8-11-26-12-9-19/h3-13H,14-15H2,1-2H3,(H,28,32)(H,29,31). The van der Waals surface area contributed by atoms with E-state index in [1.807, 2.05) is 32.0 Å². The number of carbonyl (C=O) groups is 2. The van der Waals surface area contributed by atoms with Gasteiger partial charge < -0.3 is 15.2 Å². The van der Waals surface area contributed by atoms with E-state index in [4.69, 9.17) is 4.52 Å². The molecule has 0 atom stereocenters. The molecule has 0 saturated carbocycles. The van der Waals surface area contributed by atoms with Gasteiger partial charge in [0.1, 0.15) is 10.8 Å². The molecule has 0 aliphatic carbocycles. The summed E-state index contributed by atoms with van der Waals surface area (Å²) in [6, 6.07) is 14.1. The van der Waals surface area contributed by atoms with Crippen molar-refractivity contribution >= 4 is 29.3 Å². The summed E-state index contributed by atoms with van der Waals surface area (Å²) in [5, 5.41) is 10.4. The minimum atomic E-state index is -0.223. The molecule has 2 amide bonds. The van der Waals surface area contributed by atoms with Crippen molar-refractivity contribution in [2.75, 3.05) is 5.32 Å². The van der Waals surface area contributed by atoms with E-state index in [-0.39, 0.29) is 11.8 Å². The molecule has 4 aromatic rings. The van der Waals surface area contributed by atoms with Crippen LogP contribution in [0, 0.1) is 13.8 Å². The molecule has 0 fully saturated rings. The average molecular weight is 474 g/mol. The van der Waals surface area contributed by atoms with Gasteiger partial charge in [0.05, 0.1) is 11.3 Å². The molecule has 3 heterocycles. The number of hydrogen-bond donors (Lipinski definition) is 2. The fraction of sp³-hybridized carbons (Fsp3) is 0.160. The van der Waals surface area contributed by atoms with Crippen LogP contribution < -0.4 is 10.6 Å². The summed E-state index contributed by atoms with van der Waals surface area (Å²) in [5.41, 5.74) is 4.36. The number of aryl methyl sites for hydroxylation is 2. The number of pyridine rings is 2. The Morgan fingerprint density at radius 3 is 2.59 bits per heavy atom. The van der Waals surface area contributed by atoms with E-state index < -0.39 is 0 Å². The van der Waals surface area contributed by atoms with Gasteiger partial charge in [0.2, 0.25) is 0 Å². The van der Waals surface area contributed by atoms with Gasteiger partial charge in [-0.1, -0.05) is 17.3 Å². The minimum Gasteiger partial charge on any atom is -0.361 e. The first kappa shape index (κ1) is 23.2. The van der Waals surface area contributed by atoms with E-state index in [1.54, 1.807) is 48.9 Å². The van der Waals surface area contributed by atoms with Gasteiger partial charge in [-0.2, -0.15) is 0 Å². The van der Waals surface area contributed by atoms with Crippen LogP contribution in [0.2, 0.25) is 0 Å². The van der Waals surface area contributed by atoms with Crippen LogP contribution in [0.25, 0.3) is 0 Å². The maximum atomic E-state index is 12.9. The summed E-state index contributed by atoms with van der Waals surface area (Å²) >= 11 is 1.47. The van der Waals surface area contributed by atoms with Gasteiger partial charge in [-0.05, 0) is 55.8 Å². The van der Waals surface area contributed by atoms with Crippen LogP contribution in [0.1, 0.15) is 43.3 Å². The van der Waals surface area contributed by atoms with Gasteiger partial charge in [0.15, 0.2) is 0 Å². The van der Waals surface area contributed by atoms with E-state index in [9.17, 15) is 9.59 Å². The number of aromatic nitrogens is 3. The van der Waals surface area contributed by atoms with Crippen LogP contribution in [0.5, 0.6) is 0 Å². The average Bonchev–Trinajstić information content (AvgIpc) is 3.19. The maximum Gasteiger partial charge on any atom is 0.255 e. The number of nitrogens with one attached hydrogen (secondary N) is 2. The minimum absolute atomic E-state index is 0.222. The quantitative estimate of drug-likeness (QED) is 0.361. The zero-order valence-electron chi connectivity index (χ0n) is 18.7. The normalized spacial score (nSPS) is 10.6. The molecule has 0 bridgehead atoms. The van der Waals surface area contributed by atoms with Crippen LogP contribution in [0.15, 0.2) is 76.7 Å². The lowest BCUT2D eigenvalue weighted by Crippen LogP contribution is -2.23. The topological polar surface area (TPSA) is 110 Å². The molecule has 8 nitrogen and oxygen atoms in total. The molecular formula is C25H23N5O3S. The number of nitrogens with zero attached hydrogens (tertiary/aromatic N) is 3. The summed E-state index contributed by atoms with van der Waals surface area (Å²) in [5.74, 6) is 0.930. The summed E-state index contributed by atoms with van der Waals surface area (Å²) in [7, 11) is 0. The fourth-order valence-electron chi connectivity index (χ4n) is 3.27. The molecular weight excluding hydrogens is 450 g/mol. The Morgan fingerprint density at radius 1 is 1.00 bits per heavy atom. The smallest absolute Gasteiger partial charge is 0.255 e. The largest absolute Gasteiger partial charge is 0.361 e. The first-order valence-corrected chi connectivity index (χ1v) is 11.6. The Bertz CT molecular complexity index is 1290. The van der Waals surface area contributed by atoms with Crippen LogP contribution in [0.4, 0.5) is 5.69 Å². The van der Waals surface area contributed by atoms with E-state index in [1.165, 1.54) is 11.8 Å². The summed E-state index contributed by atoms with van der Waals surface area (Å²) < 4.78 is 5.22. The van der Waals surface area contributed by atoms with Crippen LogP contribution >= 0.6 is 11.8 Å². The monoisotopic (exact) mass is 473 g/mol. The van der Waals surface area contributed by atoms with Gasteiger partial charge in [-0.15, -0.1) is 11.8 Å². The predicted molar refractivity (Wildman–Crippen MR) is 130 cm³/mol. The number of benzene rings is 1. The molecule has 0 unspecified atom stereocenters. The molecule has 9 heteroatoms. The van der Waals surface area contributed by atoms with E-state index in [2.05, 4.69) is 25.8 Å². The number of carbonyl (C=O) groups excluding carboxylic acids is 2. The Kier molecular flexibility index (Phi) is 7.34. The number of hydrogen-bond acceptors (Lipinski definition) is 7. The van der Waals surface area contributed by atoms with Crippen molar-refractivity contribution in [3.8, 4) is 0 Å². The van der Waals surface area contributed by atoms with Gasteiger partial charge >= 0.3 is 0 Å².